The minimum atomic E-state index is 0.486. The minimum absolute atomic E-state index is 0.486. The standard InChI is InChI=1S/C25H40/c1-16(2)17-8-11-22(3)12-13-23(4)15-19-18(21(23)20(17)22)14-24(5)9-7-10-25(19,24)6/h7,10,16-21H,8-9,11-15H2,1-6H3/t17-,18+,19+,20?,21?,22+,23-,24+,25-/m1/s1. The molecule has 25 heavy (non-hydrogen) atoms. The highest BCUT2D eigenvalue weighted by Gasteiger charge is 2.70. The van der Waals surface area contributed by atoms with Gasteiger partial charge in [0.1, 0.15) is 0 Å². The molecule has 0 nitrogen and oxygen atoms in total. The van der Waals surface area contributed by atoms with Gasteiger partial charge in [0.25, 0.3) is 0 Å². The lowest BCUT2D eigenvalue weighted by Crippen LogP contribution is -2.47. The Hall–Kier alpha value is -0.260. The Morgan fingerprint density at radius 2 is 1.60 bits per heavy atom. The van der Waals surface area contributed by atoms with E-state index in [0.717, 1.165) is 35.5 Å². The Kier molecular flexibility index (Phi) is 3.22. The van der Waals surface area contributed by atoms with E-state index in [-0.39, 0.29) is 0 Å². The van der Waals surface area contributed by atoms with Crippen LogP contribution in [0.1, 0.15) is 86.5 Å². The summed E-state index contributed by atoms with van der Waals surface area (Å²) in [5.74, 6) is 5.86. The summed E-state index contributed by atoms with van der Waals surface area (Å²) in [6.45, 7) is 15.7. The van der Waals surface area contributed by atoms with E-state index in [4.69, 9.17) is 0 Å². The number of fused-ring (bicyclic) bond motifs is 7. The first-order valence-electron chi connectivity index (χ1n) is 11.3. The van der Waals surface area contributed by atoms with Crippen LogP contribution in [0.2, 0.25) is 0 Å². The Labute approximate surface area is 156 Å². The topological polar surface area (TPSA) is 0 Å². The summed E-state index contributed by atoms with van der Waals surface area (Å²) < 4.78 is 0. The number of hydrogen-bond donors (Lipinski definition) is 0. The second-order valence-corrected chi connectivity index (χ2v) is 12.4. The number of hydrogen-bond acceptors (Lipinski definition) is 0. The molecule has 2 unspecified atom stereocenters. The van der Waals surface area contributed by atoms with Crippen LogP contribution < -0.4 is 0 Å². The van der Waals surface area contributed by atoms with Crippen molar-refractivity contribution < 1.29 is 0 Å². The van der Waals surface area contributed by atoms with Crippen LogP contribution in [0.4, 0.5) is 0 Å². The lowest BCUT2D eigenvalue weighted by molar-refractivity contribution is -0.0492. The van der Waals surface area contributed by atoms with Crippen LogP contribution in [-0.4, -0.2) is 0 Å². The van der Waals surface area contributed by atoms with Gasteiger partial charge in [0.2, 0.25) is 0 Å². The summed E-state index contributed by atoms with van der Waals surface area (Å²) in [6.07, 6.45) is 15.6. The van der Waals surface area contributed by atoms with Gasteiger partial charge in [-0.05, 0) is 102 Å². The Bertz CT molecular complexity index is 616. The van der Waals surface area contributed by atoms with Crippen molar-refractivity contribution in [2.45, 2.75) is 86.5 Å². The third kappa shape index (κ3) is 1.86. The van der Waals surface area contributed by atoms with Gasteiger partial charge in [0.05, 0.1) is 0 Å². The van der Waals surface area contributed by atoms with Crippen LogP contribution in [0.25, 0.3) is 0 Å². The lowest BCUT2D eigenvalue weighted by Gasteiger charge is -2.53. The fraction of sp³-hybridized carbons (Fsp3) is 0.920. The molecule has 0 radical (unpaired) electrons. The molecule has 0 aromatic rings. The van der Waals surface area contributed by atoms with Gasteiger partial charge in [0, 0.05) is 0 Å². The van der Waals surface area contributed by atoms with Gasteiger partial charge in [-0.3, -0.25) is 0 Å². The molecule has 0 saturated heterocycles. The van der Waals surface area contributed by atoms with Gasteiger partial charge in [0.15, 0.2) is 0 Å². The van der Waals surface area contributed by atoms with E-state index in [2.05, 4.69) is 53.7 Å². The van der Waals surface area contributed by atoms with E-state index in [0.29, 0.717) is 21.7 Å². The molecule has 9 atom stereocenters. The van der Waals surface area contributed by atoms with E-state index in [1.165, 1.54) is 44.9 Å². The van der Waals surface area contributed by atoms with Crippen molar-refractivity contribution >= 4 is 0 Å². The molecule has 0 heteroatoms. The fourth-order valence-electron chi connectivity index (χ4n) is 9.50. The Morgan fingerprint density at radius 1 is 0.880 bits per heavy atom. The minimum Gasteiger partial charge on any atom is -0.0874 e. The summed E-state index contributed by atoms with van der Waals surface area (Å²) in [5, 5.41) is 0. The SMILES string of the molecule is CC(C)[C@H]1CC[C@@]2(C)CC[C@]3(C)C[C@H]4[C@H](C[C@]5(C)CC=C[C@]45C)C3C12. The highest BCUT2D eigenvalue weighted by molar-refractivity contribution is 5.27. The molecule has 0 spiro atoms. The third-order valence-electron chi connectivity index (χ3n) is 11.1. The first kappa shape index (κ1) is 16.9. The molecule has 4 fully saturated rings. The van der Waals surface area contributed by atoms with E-state index in [1.54, 1.807) is 0 Å². The smallest absolute Gasteiger partial charge is 0.00585 e. The summed E-state index contributed by atoms with van der Waals surface area (Å²) in [4.78, 5) is 0. The predicted molar refractivity (Wildman–Crippen MR) is 106 cm³/mol. The fourth-order valence-corrected chi connectivity index (χ4v) is 9.50. The molecule has 140 valence electrons. The van der Waals surface area contributed by atoms with Gasteiger partial charge < -0.3 is 0 Å². The highest BCUT2D eigenvalue weighted by atomic mass is 14.7. The summed E-state index contributed by atoms with van der Waals surface area (Å²) in [5.41, 5.74) is 2.34. The first-order chi connectivity index (χ1) is 11.6. The van der Waals surface area contributed by atoms with Gasteiger partial charge in [-0.2, -0.15) is 0 Å². The maximum Gasteiger partial charge on any atom is -0.00585 e. The largest absolute Gasteiger partial charge is 0.0874 e. The molecule has 5 aliphatic carbocycles. The van der Waals surface area contributed by atoms with E-state index >= 15 is 0 Å². The molecule has 5 aliphatic rings. The van der Waals surface area contributed by atoms with Crippen LogP contribution in [0.3, 0.4) is 0 Å². The van der Waals surface area contributed by atoms with Gasteiger partial charge in [-0.15, -0.1) is 0 Å². The zero-order chi connectivity index (χ0) is 17.8. The van der Waals surface area contributed by atoms with Crippen LogP contribution in [0.5, 0.6) is 0 Å². The quantitative estimate of drug-likeness (QED) is 0.446. The first-order valence-corrected chi connectivity index (χ1v) is 11.3. The van der Waals surface area contributed by atoms with E-state index in [9.17, 15) is 0 Å². The Morgan fingerprint density at radius 3 is 2.32 bits per heavy atom. The lowest BCUT2D eigenvalue weighted by atomic mass is 9.51. The van der Waals surface area contributed by atoms with E-state index < -0.39 is 0 Å². The third-order valence-corrected chi connectivity index (χ3v) is 11.1. The van der Waals surface area contributed by atoms with Crippen LogP contribution >= 0.6 is 0 Å². The molecule has 0 bridgehead atoms. The van der Waals surface area contributed by atoms with Crippen molar-refractivity contribution in [3.63, 3.8) is 0 Å². The van der Waals surface area contributed by atoms with Crippen molar-refractivity contribution in [1.82, 2.24) is 0 Å². The monoisotopic (exact) mass is 340 g/mol. The molecular weight excluding hydrogens is 300 g/mol. The Balaban J connectivity index is 1.59. The maximum atomic E-state index is 2.71. The van der Waals surface area contributed by atoms with Crippen molar-refractivity contribution in [2.75, 3.05) is 0 Å². The molecule has 5 rings (SSSR count). The second kappa shape index (κ2) is 4.77. The summed E-state index contributed by atoms with van der Waals surface area (Å²) in [6, 6.07) is 0. The van der Waals surface area contributed by atoms with E-state index in [1.807, 2.05) is 0 Å². The highest BCUT2D eigenvalue weighted by Crippen LogP contribution is 2.78. The average Bonchev–Trinajstić information content (AvgIpc) is 3.16. The average molecular weight is 341 g/mol. The number of rotatable bonds is 1. The van der Waals surface area contributed by atoms with Crippen molar-refractivity contribution in [3.8, 4) is 0 Å². The van der Waals surface area contributed by atoms with Crippen molar-refractivity contribution in [1.29, 1.82) is 0 Å². The normalized spacial score (nSPS) is 62.1. The van der Waals surface area contributed by atoms with Crippen LogP contribution in [0.15, 0.2) is 12.2 Å². The molecule has 0 amide bonds. The predicted octanol–water partition coefficient (Wildman–Crippen LogP) is 7.10. The van der Waals surface area contributed by atoms with Crippen molar-refractivity contribution in [2.24, 2.45) is 57.2 Å². The maximum absolute atomic E-state index is 2.71. The molecule has 0 heterocycles. The summed E-state index contributed by atoms with van der Waals surface area (Å²) >= 11 is 0. The molecule has 0 aliphatic heterocycles. The van der Waals surface area contributed by atoms with Gasteiger partial charge >= 0.3 is 0 Å². The van der Waals surface area contributed by atoms with Crippen LogP contribution in [0, 0.1) is 57.2 Å². The molecule has 0 aromatic heterocycles. The second-order valence-electron chi connectivity index (χ2n) is 12.4. The zero-order valence-corrected chi connectivity index (χ0v) is 17.6. The molecule has 0 aromatic carbocycles. The zero-order valence-electron chi connectivity index (χ0n) is 17.6. The van der Waals surface area contributed by atoms with Crippen molar-refractivity contribution in [3.05, 3.63) is 12.2 Å². The van der Waals surface area contributed by atoms with Gasteiger partial charge in [-0.25, -0.2) is 0 Å². The summed E-state index contributed by atoms with van der Waals surface area (Å²) in [7, 11) is 0. The molecule has 4 saturated carbocycles. The van der Waals surface area contributed by atoms with Gasteiger partial charge in [-0.1, -0.05) is 53.7 Å². The molecular formula is C25H40. The molecule has 0 N–H and O–H groups in total. The van der Waals surface area contributed by atoms with Crippen LogP contribution in [-0.2, 0) is 0 Å². The number of allylic oxidation sites excluding steroid dienone is 2.